The Bertz CT molecular complexity index is 704. The Hall–Kier alpha value is -2.33. The van der Waals surface area contributed by atoms with Gasteiger partial charge in [0, 0.05) is 5.02 Å². The Kier molecular flexibility index (Phi) is 5.77. The summed E-state index contributed by atoms with van der Waals surface area (Å²) in [6.45, 7) is 5.63. The fourth-order valence-corrected chi connectivity index (χ4v) is 2.22. The highest BCUT2D eigenvalue weighted by molar-refractivity contribution is 6.30. The van der Waals surface area contributed by atoms with Crippen molar-refractivity contribution in [3.8, 4) is 5.75 Å². The number of benzene rings is 2. The van der Waals surface area contributed by atoms with Crippen LogP contribution in [0.1, 0.15) is 23.6 Å². The summed E-state index contributed by atoms with van der Waals surface area (Å²) >= 11 is 5.84. The van der Waals surface area contributed by atoms with E-state index >= 15 is 0 Å². The summed E-state index contributed by atoms with van der Waals surface area (Å²) in [6.07, 6.45) is 0. The summed E-state index contributed by atoms with van der Waals surface area (Å²) in [6, 6.07) is 13.1. The number of hydrazone groups is 1. The molecule has 0 aliphatic heterocycles. The van der Waals surface area contributed by atoms with E-state index < -0.39 is 0 Å². The first kappa shape index (κ1) is 17.0. The number of ether oxygens (including phenoxy) is 1. The van der Waals surface area contributed by atoms with E-state index in [1.54, 1.807) is 12.1 Å². The van der Waals surface area contributed by atoms with Crippen LogP contribution in [0.15, 0.2) is 47.6 Å². The molecule has 0 atom stereocenters. The number of nitrogens with zero attached hydrogens (tertiary/aromatic N) is 1. The lowest BCUT2D eigenvalue weighted by atomic mass is 10.1. The molecule has 0 saturated heterocycles. The van der Waals surface area contributed by atoms with Gasteiger partial charge in [-0.25, -0.2) is 5.43 Å². The largest absolute Gasteiger partial charge is 0.483 e. The minimum Gasteiger partial charge on any atom is -0.483 e. The second kappa shape index (κ2) is 7.79. The van der Waals surface area contributed by atoms with E-state index in [9.17, 15) is 4.79 Å². The molecule has 2 aromatic rings. The van der Waals surface area contributed by atoms with Gasteiger partial charge in [0.05, 0.1) is 5.71 Å². The van der Waals surface area contributed by atoms with Gasteiger partial charge in [-0.2, -0.15) is 5.10 Å². The molecule has 0 fully saturated rings. The predicted octanol–water partition coefficient (Wildman–Crippen LogP) is 3.88. The highest BCUT2D eigenvalue weighted by atomic mass is 35.5. The van der Waals surface area contributed by atoms with Crippen LogP contribution in [0.4, 0.5) is 0 Å². The summed E-state index contributed by atoms with van der Waals surface area (Å²) in [7, 11) is 0. The molecule has 23 heavy (non-hydrogen) atoms. The van der Waals surface area contributed by atoms with E-state index in [0.29, 0.717) is 10.7 Å². The molecule has 0 aromatic heterocycles. The van der Waals surface area contributed by atoms with Crippen LogP contribution in [0.3, 0.4) is 0 Å². The molecule has 120 valence electrons. The lowest BCUT2D eigenvalue weighted by Crippen LogP contribution is -2.26. The van der Waals surface area contributed by atoms with Crippen LogP contribution >= 0.6 is 11.6 Å². The molecule has 0 unspecified atom stereocenters. The minimum atomic E-state index is -0.305. The van der Waals surface area contributed by atoms with Gasteiger partial charge in [0.25, 0.3) is 5.91 Å². The molecule has 0 heterocycles. The maximum Gasteiger partial charge on any atom is 0.277 e. The van der Waals surface area contributed by atoms with E-state index in [1.807, 2.05) is 51.1 Å². The van der Waals surface area contributed by atoms with Crippen molar-refractivity contribution in [1.29, 1.82) is 0 Å². The Labute approximate surface area is 141 Å². The van der Waals surface area contributed by atoms with Gasteiger partial charge in [0.2, 0.25) is 0 Å². The average molecular weight is 331 g/mol. The molecular weight excluding hydrogens is 312 g/mol. The first-order chi connectivity index (χ1) is 11.0. The van der Waals surface area contributed by atoms with Gasteiger partial charge in [-0.05, 0) is 49.6 Å². The Balaban J connectivity index is 1.92. The molecule has 0 saturated carbocycles. The van der Waals surface area contributed by atoms with Crippen molar-refractivity contribution < 1.29 is 9.53 Å². The smallest absolute Gasteiger partial charge is 0.277 e. The van der Waals surface area contributed by atoms with Crippen molar-refractivity contribution in [2.75, 3.05) is 6.61 Å². The number of carbonyl (C=O) groups is 1. The molecular formula is C18H19ClN2O2. The molecule has 0 radical (unpaired) electrons. The monoisotopic (exact) mass is 330 g/mol. The quantitative estimate of drug-likeness (QED) is 0.668. The summed E-state index contributed by atoms with van der Waals surface area (Å²) in [5.74, 6) is 0.432. The predicted molar refractivity (Wildman–Crippen MR) is 93.2 cm³/mol. The molecule has 0 bridgehead atoms. The van der Waals surface area contributed by atoms with Crippen molar-refractivity contribution in [2.45, 2.75) is 20.8 Å². The number of aryl methyl sites for hydroxylation is 2. The van der Waals surface area contributed by atoms with Crippen LogP contribution < -0.4 is 10.2 Å². The van der Waals surface area contributed by atoms with Crippen LogP contribution in [0.5, 0.6) is 5.75 Å². The third kappa shape index (κ3) is 4.83. The maximum absolute atomic E-state index is 11.9. The molecule has 0 aliphatic carbocycles. The number of rotatable bonds is 5. The first-order valence-electron chi connectivity index (χ1n) is 7.25. The Morgan fingerprint density at radius 2 is 1.74 bits per heavy atom. The van der Waals surface area contributed by atoms with Gasteiger partial charge in [-0.15, -0.1) is 0 Å². The fourth-order valence-electron chi connectivity index (χ4n) is 2.10. The highest BCUT2D eigenvalue weighted by Crippen LogP contribution is 2.21. The van der Waals surface area contributed by atoms with Crippen LogP contribution in [0.25, 0.3) is 0 Å². The van der Waals surface area contributed by atoms with Gasteiger partial charge in [0.1, 0.15) is 5.75 Å². The SMILES string of the molecule is C/C(=N\NC(=O)COc1c(C)cccc1C)c1ccc(Cl)cc1. The average Bonchev–Trinajstić information content (AvgIpc) is 2.53. The molecule has 0 aliphatic rings. The van der Waals surface area contributed by atoms with Crippen molar-refractivity contribution in [1.82, 2.24) is 5.43 Å². The van der Waals surface area contributed by atoms with Crippen molar-refractivity contribution in [2.24, 2.45) is 5.10 Å². The second-order valence-electron chi connectivity index (χ2n) is 5.25. The lowest BCUT2D eigenvalue weighted by Gasteiger charge is -2.11. The molecule has 0 spiro atoms. The van der Waals surface area contributed by atoms with E-state index in [2.05, 4.69) is 10.5 Å². The van der Waals surface area contributed by atoms with Gasteiger partial charge in [-0.3, -0.25) is 4.79 Å². The molecule has 5 heteroatoms. The van der Waals surface area contributed by atoms with Crippen LogP contribution in [0, 0.1) is 13.8 Å². The third-order valence-electron chi connectivity index (χ3n) is 3.37. The molecule has 4 nitrogen and oxygen atoms in total. The van der Waals surface area contributed by atoms with Gasteiger partial charge >= 0.3 is 0 Å². The zero-order valence-electron chi connectivity index (χ0n) is 13.4. The Morgan fingerprint density at radius 3 is 2.35 bits per heavy atom. The second-order valence-corrected chi connectivity index (χ2v) is 5.69. The van der Waals surface area contributed by atoms with Crippen molar-refractivity contribution >= 4 is 23.2 Å². The van der Waals surface area contributed by atoms with E-state index in [1.165, 1.54) is 0 Å². The first-order valence-corrected chi connectivity index (χ1v) is 7.63. The zero-order chi connectivity index (χ0) is 16.8. The number of amides is 1. The van der Waals surface area contributed by atoms with Crippen LogP contribution in [-0.2, 0) is 4.79 Å². The number of carbonyl (C=O) groups excluding carboxylic acids is 1. The van der Waals surface area contributed by atoms with E-state index in [0.717, 1.165) is 22.4 Å². The number of nitrogens with one attached hydrogen (secondary N) is 1. The van der Waals surface area contributed by atoms with E-state index in [-0.39, 0.29) is 12.5 Å². The van der Waals surface area contributed by atoms with Crippen molar-refractivity contribution in [3.05, 3.63) is 64.2 Å². The number of halogens is 1. The third-order valence-corrected chi connectivity index (χ3v) is 3.62. The van der Waals surface area contributed by atoms with Crippen LogP contribution in [-0.4, -0.2) is 18.2 Å². The van der Waals surface area contributed by atoms with Crippen LogP contribution in [0.2, 0.25) is 5.02 Å². The number of para-hydroxylation sites is 1. The number of hydrogen-bond acceptors (Lipinski definition) is 3. The van der Waals surface area contributed by atoms with Gasteiger partial charge < -0.3 is 4.74 Å². The number of hydrogen-bond donors (Lipinski definition) is 1. The molecule has 2 aromatic carbocycles. The summed E-state index contributed by atoms with van der Waals surface area (Å²) in [5, 5.41) is 4.73. The minimum absolute atomic E-state index is 0.0803. The van der Waals surface area contributed by atoms with E-state index in [4.69, 9.17) is 16.3 Å². The van der Waals surface area contributed by atoms with Gasteiger partial charge in [0.15, 0.2) is 6.61 Å². The summed E-state index contributed by atoms with van der Waals surface area (Å²) in [4.78, 5) is 11.9. The zero-order valence-corrected chi connectivity index (χ0v) is 14.1. The molecule has 2 rings (SSSR count). The van der Waals surface area contributed by atoms with Crippen molar-refractivity contribution in [3.63, 3.8) is 0 Å². The normalized spacial score (nSPS) is 11.2. The standard InChI is InChI=1S/C18H19ClN2O2/c1-12-5-4-6-13(2)18(12)23-11-17(22)21-20-14(3)15-7-9-16(19)10-8-15/h4-10H,11H2,1-3H3,(H,21,22)/b20-14+. The Morgan fingerprint density at radius 1 is 1.13 bits per heavy atom. The lowest BCUT2D eigenvalue weighted by molar-refractivity contribution is -0.123. The maximum atomic E-state index is 11.9. The summed E-state index contributed by atoms with van der Waals surface area (Å²) in [5.41, 5.74) is 6.08. The van der Waals surface area contributed by atoms with Gasteiger partial charge in [-0.1, -0.05) is 41.9 Å². The molecule has 1 N–H and O–H groups in total. The fraction of sp³-hybridized carbons (Fsp3) is 0.222. The molecule has 1 amide bonds. The summed E-state index contributed by atoms with van der Waals surface area (Å²) < 4.78 is 5.58. The topological polar surface area (TPSA) is 50.7 Å². The highest BCUT2D eigenvalue weighted by Gasteiger charge is 2.07.